The number of piperazine rings is 1. The topological polar surface area (TPSA) is 59.7 Å². The predicted molar refractivity (Wildman–Crippen MR) is 147 cm³/mol. The highest BCUT2D eigenvalue weighted by molar-refractivity contribution is 5.95. The molecule has 3 aromatic rings. The van der Waals surface area contributed by atoms with E-state index >= 15 is 0 Å². The molecule has 2 aliphatic heterocycles. The molecule has 0 aliphatic carbocycles. The first-order valence-corrected chi connectivity index (χ1v) is 13.6. The van der Waals surface area contributed by atoms with Crippen molar-refractivity contribution in [3.8, 4) is 0 Å². The lowest BCUT2D eigenvalue weighted by molar-refractivity contribution is -0.143. The van der Waals surface area contributed by atoms with Gasteiger partial charge in [0.15, 0.2) is 0 Å². The zero-order chi connectivity index (χ0) is 29.4. The minimum Gasteiger partial charge on any atom is -0.361 e. The Kier molecular flexibility index (Phi) is 9.46. The molecule has 3 heterocycles. The molecule has 0 bridgehead atoms. The molecule has 5 rings (SSSR count). The summed E-state index contributed by atoms with van der Waals surface area (Å²) >= 11 is 0. The summed E-state index contributed by atoms with van der Waals surface area (Å²) in [4.78, 5) is 34.8. The fourth-order valence-corrected chi connectivity index (χ4v) is 5.74. The number of H-pyrrole nitrogens is 1. The number of piperidine rings is 1. The monoisotopic (exact) mass is 616 g/mol. The van der Waals surface area contributed by atoms with Gasteiger partial charge in [0.1, 0.15) is 0 Å². The van der Waals surface area contributed by atoms with Gasteiger partial charge < -0.3 is 14.8 Å². The number of para-hydroxylation sites is 1. The molecule has 2 aromatic carbocycles. The highest BCUT2D eigenvalue weighted by Crippen LogP contribution is 2.37. The second kappa shape index (κ2) is 12.5. The Balaban J connectivity index is 0.00000405. The molecule has 13 heteroatoms. The standard InChI is InChI=1S/C29H30F6N4O2.ClH/c30-28(31,32)21-12-19(13-22(15-21)29(33,34)35)27(41)39-11-10-37(18-26(40)38-8-4-1-5-9-38)17-23(39)14-20-16-36-25-7-3-2-6-24(20)25;/h2-3,6-7,12-13,15-16,23,36H,1,4-5,8-11,14,17-18H2;1H/t23-;/m1./s1. The van der Waals surface area contributed by atoms with Crippen LogP contribution < -0.4 is 0 Å². The Morgan fingerprint density at radius 3 is 2.14 bits per heavy atom. The molecule has 42 heavy (non-hydrogen) atoms. The Morgan fingerprint density at radius 2 is 1.50 bits per heavy atom. The summed E-state index contributed by atoms with van der Waals surface area (Å²) in [5, 5.41) is 0.903. The van der Waals surface area contributed by atoms with Crippen molar-refractivity contribution >= 4 is 35.1 Å². The van der Waals surface area contributed by atoms with Crippen LogP contribution >= 0.6 is 12.4 Å². The molecule has 2 fully saturated rings. The van der Waals surface area contributed by atoms with Gasteiger partial charge in [-0.15, -0.1) is 12.4 Å². The second-order valence-electron chi connectivity index (χ2n) is 10.7. The number of halogens is 7. The molecule has 6 nitrogen and oxygen atoms in total. The van der Waals surface area contributed by atoms with Gasteiger partial charge in [0.25, 0.3) is 5.91 Å². The summed E-state index contributed by atoms with van der Waals surface area (Å²) in [6, 6.07) is 7.88. The number of hydrogen-bond acceptors (Lipinski definition) is 3. The molecule has 0 spiro atoms. The summed E-state index contributed by atoms with van der Waals surface area (Å²) in [6.07, 6.45) is -5.09. The van der Waals surface area contributed by atoms with Crippen LogP contribution in [0.3, 0.4) is 0 Å². The van der Waals surface area contributed by atoms with E-state index in [0.717, 1.165) is 35.7 Å². The highest BCUT2D eigenvalue weighted by Gasteiger charge is 2.39. The largest absolute Gasteiger partial charge is 0.416 e. The van der Waals surface area contributed by atoms with Gasteiger partial charge in [0.05, 0.1) is 17.7 Å². The quantitative estimate of drug-likeness (QED) is 0.358. The van der Waals surface area contributed by atoms with E-state index < -0.39 is 41.0 Å². The molecule has 2 saturated heterocycles. The van der Waals surface area contributed by atoms with Crippen molar-refractivity contribution in [1.29, 1.82) is 0 Å². The van der Waals surface area contributed by atoms with Crippen molar-refractivity contribution in [2.75, 3.05) is 39.3 Å². The van der Waals surface area contributed by atoms with Crippen LogP contribution in [0.1, 0.15) is 46.3 Å². The normalized spacial score (nSPS) is 18.7. The maximum absolute atomic E-state index is 13.6. The number of amides is 2. The van der Waals surface area contributed by atoms with Crippen LogP contribution in [-0.2, 0) is 23.6 Å². The average Bonchev–Trinajstić information content (AvgIpc) is 3.35. The minimum absolute atomic E-state index is 0. The van der Waals surface area contributed by atoms with E-state index in [9.17, 15) is 35.9 Å². The number of likely N-dealkylation sites (tertiary alicyclic amines) is 1. The lowest BCUT2D eigenvalue weighted by Gasteiger charge is -2.42. The number of aromatic nitrogens is 1. The van der Waals surface area contributed by atoms with Crippen LogP contribution in [-0.4, -0.2) is 76.8 Å². The van der Waals surface area contributed by atoms with Gasteiger partial charge in [0, 0.05) is 61.4 Å². The van der Waals surface area contributed by atoms with Gasteiger partial charge in [-0.3, -0.25) is 14.5 Å². The summed E-state index contributed by atoms with van der Waals surface area (Å²) in [7, 11) is 0. The number of carbonyl (C=O) groups excluding carboxylic acids is 2. The van der Waals surface area contributed by atoms with E-state index in [4.69, 9.17) is 0 Å². The number of nitrogens with zero attached hydrogens (tertiary/aromatic N) is 3. The number of nitrogens with one attached hydrogen (secondary N) is 1. The molecule has 0 unspecified atom stereocenters. The van der Waals surface area contributed by atoms with Crippen LogP contribution in [0.25, 0.3) is 10.9 Å². The molecule has 1 N–H and O–H groups in total. The molecular formula is C29H31ClF6N4O2. The molecular weight excluding hydrogens is 586 g/mol. The van der Waals surface area contributed by atoms with Crippen molar-refractivity contribution in [3.63, 3.8) is 0 Å². The zero-order valence-corrected chi connectivity index (χ0v) is 23.4. The van der Waals surface area contributed by atoms with Crippen molar-refractivity contribution in [2.45, 2.75) is 44.1 Å². The van der Waals surface area contributed by atoms with Gasteiger partial charge in [-0.1, -0.05) is 18.2 Å². The first-order chi connectivity index (χ1) is 19.4. The van der Waals surface area contributed by atoms with Gasteiger partial charge in [-0.25, -0.2) is 0 Å². The molecule has 2 amide bonds. The third-order valence-corrected chi connectivity index (χ3v) is 7.86. The summed E-state index contributed by atoms with van der Waals surface area (Å²) in [5.41, 5.74) is -2.02. The van der Waals surface area contributed by atoms with Gasteiger partial charge in [-0.05, 0) is 55.5 Å². The van der Waals surface area contributed by atoms with E-state index in [1.165, 1.54) is 4.90 Å². The third kappa shape index (κ3) is 7.03. The number of fused-ring (bicyclic) bond motifs is 1. The first kappa shape index (κ1) is 31.7. The fraction of sp³-hybridized carbons (Fsp3) is 0.448. The fourth-order valence-electron chi connectivity index (χ4n) is 5.74. The highest BCUT2D eigenvalue weighted by atomic mass is 35.5. The molecule has 228 valence electrons. The maximum atomic E-state index is 13.6. The Bertz CT molecular complexity index is 1380. The number of alkyl halides is 6. The number of hydrogen-bond donors (Lipinski definition) is 1. The van der Waals surface area contributed by atoms with Crippen molar-refractivity contribution < 1.29 is 35.9 Å². The molecule has 0 saturated carbocycles. The minimum atomic E-state index is -5.06. The molecule has 0 radical (unpaired) electrons. The van der Waals surface area contributed by atoms with Crippen LogP contribution in [0.2, 0.25) is 0 Å². The number of aromatic amines is 1. The van der Waals surface area contributed by atoms with Crippen LogP contribution in [0, 0.1) is 0 Å². The van der Waals surface area contributed by atoms with Gasteiger partial charge in [0.2, 0.25) is 5.91 Å². The number of rotatable bonds is 5. The van der Waals surface area contributed by atoms with Crippen LogP contribution in [0.5, 0.6) is 0 Å². The van der Waals surface area contributed by atoms with Gasteiger partial charge in [-0.2, -0.15) is 26.3 Å². The van der Waals surface area contributed by atoms with E-state index in [0.29, 0.717) is 31.6 Å². The molecule has 1 aromatic heterocycles. The predicted octanol–water partition coefficient (Wildman–Crippen LogP) is 6.01. The Morgan fingerprint density at radius 1 is 0.857 bits per heavy atom. The summed E-state index contributed by atoms with van der Waals surface area (Å²) < 4.78 is 81.0. The molecule has 1 atom stereocenters. The number of benzene rings is 2. The number of carbonyl (C=O) groups is 2. The van der Waals surface area contributed by atoms with E-state index in [1.54, 1.807) is 6.20 Å². The zero-order valence-electron chi connectivity index (χ0n) is 22.6. The average molecular weight is 617 g/mol. The van der Waals surface area contributed by atoms with Gasteiger partial charge >= 0.3 is 12.4 Å². The van der Waals surface area contributed by atoms with E-state index in [-0.39, 0.29) is 50.6 Å². The maximum Gasteiger partial charge on any atom is 0.416 e. The first-order valence-electron chi connectivity index (χ1n) is 13.6. The van der Waals surface area contributed by atoms with Crippen molar-refractivity contribution in [2.24, 2.45) is 0 Å². The van der Waals surface area contributed by atoms with Crippen molar-refractivity contribution in [1.82, 2.24) is 19.7 Å². The van der Waals surface area contributed by atoms with Crippen molar-refractivity contribution in [3.05, 3.63) is 70.9 Å². The SMILES string of the molecule is Cl.O=C(CN1CCN(C(=O)c2cc(C(F)(F)F)cc(C(F)(F)F)c2)[C@H](Cc2c[nH]c3ccccc23)C1)N1CCCCC1. The Hall–Kier alpha value is -3.25. The summed E-state index contributed by atoms with van der Waals surface area (Å²) in [5.74, 6) is -0.934. The smallest absolute Gasteiger partial charge is 0.361 e. The summed E-state index contributed by atoms with van der Waals surface area (Å²) in [6.45, 7) is 2.07. The molecule has 2 aliphatic rings. The van der Waals surface area contributed by atoms with Crippen LogP contribution in [0.15, 0.2) is 48.7 Å². The van der Waals surface area contributed by atoms with Crippen LogP contribution in [0.4, 0.5) is 26.3 Å². The lowest BCUT2D eigenvalue weighted by atomic mass is 9.98. The third-order valence-electron chi connectivity index (χ3n) is 7.86. The second-order valence-corrected chi connectivity index (χ2v) is 10.7. The Labute approximate surface area is 245 Å². The van der Waals surface area contributed by atoms with E-state index in [1.807, 2.05) is 34.1 Å². The van der Waals surface area contributed by atoms with E-state index in [2.05, 4.69) is 4.98 Å². The lowest BCUT2D eigenvalue weighted by Crippen LogP contribution is -2.57.